The maximum Gasteiger partial charge on any atom is 0.269 e. The molecule has 2 atom stereocenters. The fourth-order valence-corrected chi connectivity index (χ4v) is 4.17. The molecule has 0 bridgehead atoms. The molecule has 156 valence electrons. The second-order valence-corrected chi connectivity index (χ2v) is 7.79. The highest BCUT2D eigenvalue weighted by Gasteiger charge is 2.42. The van der Waals surface area contributed by atoms with E-state index in [0.29, 0.717) is 22.9 Å². The Morgan fingerprint density at radius 1 is 1.13 bits per heavy atom. The number of nitro benzene ring substituents is 1. The van der Waals surface area contributed by atoms with E-state index >= 15 is 0 Å². The Bertz CT molecular complexity index is 1180. The normalized spacial score (nSPS) is 19.2. The molecule has 0 fully saturated rings. The number of hydrazone groups is 1. The van der Waals surface area contributed by atoms with Gasteiger partial charge in [-0.1, -0.05) is 35.9 Å². The number of non-ortho nitro benzene ring substituents is 1. The number of benzene rings is 3. The summed E-state index contributed by atoms with van der Waals surface area (Å²) in [7, 11) is 1.61. The third kappa shape index (κ3) is 3.37. The number of nitro groups is 1. The zero-order valence-electron chi connectivity index (χ0n) is 16.6. The number of nitrogens with zero attached hydrogens (tertiary/aromatic N) is 3. The molecule has 0 saturated heterocycles. The first kappa shape index (κ1) is 19.4. The van der Waals surface area contributed by atoms with E-state index in [2.05, 4.69) is 0 Å². The van der Waals surface area contributed by atoms with Crippen LogP contribution in [-0.4, -0.2) is 22.8 Å². The maximum atomic E-state index is 11.1. The predicted molar refractivity (Wildman–Crippen MR) is 117 cm³/mol. The summed E-state index contributed by atoms with van der Waals surface area (Å²) in [6.45, 7) is 0. The molecule has 3 aromatic carbocycles. The number of para-hydroxylation sites is 1. The quantitative estimate of drug-likeness (QED) is 0.399. The van der Waals surface area contributed by atoms with E-state index in [1.54, 1.807) is 19.2 Å². The minimum Gasteiger partial charge on any atom is -0.493 e. The predicted octanol–water partition coefficient (Wildman–Crippen LogP) is 5.50. The molecule has 0 radical (unpaired) electrons. The van der Waals surface area contributed by atoms with Crippen molar-refractivity contribution in [3.8, 4) is 11.5 Å². The Hall–Kier alpha value is -3.58. The van der Waals surface area contributed by atoms with Gasteiger partial charge in [0.1, 0.15) is 0 Å². The van der Waals surface area contributed by atoms with Crippen LogP contribution in [0.5, 0.6) is 11.5 Å². The first-order valence-corrected chi connectivity index (χ1v) is 10.1. The van der Waals surface area contributed by atoms with Gasteiger partial charge in [-0.15, -0.1) is 0 Å². The summed E-state index contributed by atoms with van der Waals surface area (Å²) < 4.78 is 11.9. The molecular formula is C23H18ClN3O4. The summed E-state index contributed by atoms with van der Waals surface area (Å²) >= 11 is 6.05. The van der Waals surface area contributed by atoms with Gasteiger partial charge in [-0.2, -0.15) is 5.10 Å². The van der Waals surface area contributed by atoms with Crippen LogP contribution in [0.3, 0.4) is 0 Å². The van der Waals surface area contributed by atoms with Crippen LogP contribution in [0.25, 0.3) is 0 Å². The number of hydrogen-bond acceptors (Lipinski definition) is 6. The lowest BCUT2D eigenvalue weighted by atomic mass is 9.95. The van der Waals surface area contributed by atoms with Crippen molar-refractivity contribution in [2.45, 2.75) is 18.7 Å². The third-order valence-electron chi connectivity index (χ3n) is 5.57. The van der Waals surface area contributed by atoms with Gasteiger partial charge in [0, 0.05) is 34.7 Å². The van der Waals surface area contributed by atoms with Crippen molar-refractivity contribution < 1.29 is 14.4 Å². The highest BCUT2D eigenvalue weighted by Crippen LogP contribution is 2.50. The molecule has 0 amide bonds. The lowest BCUT2D eigenvalue weighted by molar-refractivity contribution is -0.384. The van der Waals surface area contributed by atoms with Crippen molar-refractivity contribution in [1.82, 2.24) is 5.01 Å². The van der Waals surface area contributed by atoms with Crippen molar-refractivity contribution in [2.24, 2.45) is 5.10 Å². The smallest absolute Gasteiger partial charge is 0.269 e. The number of ether oxygens (including phenoxy) is 2. The molecule has 7 nitrogen and oxygen atoms in total. The molecule has 8 heteroatoms. The molecule has 0 aromatic heterocycles. The average Bonchev–Trinajstić information content (AvgIpc) is 3.24. The first-order chi connectivity index (χ1) is 15.0. The summed E-state index contributed by atoms with van der Waals surface area (Å²) in [4.78, 5) is 10.6. The molecule has 3 aromatic rings. The van der Waals surface area contributed by atoms with Crippen molar-refractivity contribution in [1.29, 1.82) is 0 Å². The van der Waals surface area contributed by atoms with Gasteiger partial charge < -0.3 is 9.47 Å². The van der Waals surface area contributed by atoms with E-state index in [1.165, 1.54) is 12.1 Å². The summed E-state index contributed by atoms with van der Waals surface area (Å²) in [5, 5.41) is 18.5. The van der Waals surface area contributed by atoms with Crippen LogP contribution < -0.4 is 9.47 Å². The van der Waals surface area contributed by atoms with E-state index in [0.717, 1.165) is 22.4 Å². The number of fused-ring (bicyclic) bond motifs is 3. The van der Waals surface area contributed by atoms with Crippen molar-refractivity contribution in [3.63, 3.8) is 0 Å². The van der Waals surface area contributed by atoms with Gasteiger partial charge in [-0.05, 0) is 35.9 Å². The van der Waals surface area contributed by atoms with Crippen LogP contribution >= 0.6 is 11.6 Å². The Morgan fingerprint density at radius 3 is 2.55 bits per heavy atom. The van der Waals surface area contributed by atoms with E-state index in [1.807, 2.05) is 47.5 Å². The van der Waals surface area contributed by atoms with Gasteiger partial charge in [0.15, 0.2) is 11.5 Å². The molecular weight excluding hydrogens is 418 g/mol. The second-order valence-electron chi connectivity index (χ2n) is 7.35. The lowest BCUT2D eigenvalue weighted by Crippen LogP contribution is -2.33. The minimum absolute atomic E-state index is 0.0286. The van der Waals surface area contributed by atoms with Crippen LogP contribution in [-0.2, 0) is 0 Å². The molecule has 0 N–H and O–H groups in total. The van der Waals surface area contributed by atoms with Gasteiger partial charge in [-0.25, -0.2) is 5.01 Å². The lowest BCUT2D eigenvalue weighted by Gasteiger charge is -2.38. The Labute approximate surface area is 183 Å². The average molecular weight is 436 g/mol. The van der Waals surface area contributed by atoms with Crippen LogP contribution in [0.2, 0.25) is 5.02 Å². The van der Waals surface area contributed by atoms with Gasteiger partial charge in [0.25, 0.3) is 5.69 Å². The fraction of sp³-hybridized carbons (Fsp3) is 0.174. The van der Waals surface area contributed by atoms with Crippen molar-refractivity contribution in [3.05, 3.63) is 98.6 Å². The standard InChI is InChI=1S/C23H18ClN3O4/c1-30-21-4-2-3-18-20-13-19(14-5-9-16(24)10-6-14)25-26(20)23(31-22(18)21)15-7-11-17(12-8-15)27(28)29/h2-12,20,23H,13H2,1H3. The monoisotopic (exact) mass is 435 g/mol. The van der Waals surface area contributed by atoms with Gasteiger partial charge in [0.2, 0.25) is 6.23 Å². The summed E-state index contributed by atoms with van der Waals surface area (Å²) in [6.07, 6.45) is 0.147. The topological polar surface area (TPSA) is 77.2 Å². The highest BCUT2D eigenvalue weighted by atomic mass is 35.5. The Kier molecular flexibility index (Phi) is 4.75. The maximum absolute atomic E-state index is 11.1. The van der Waals surface area contributed by atoms with E-state index in [-0.39, 0.29) is 11.7 Å². The number of methoxy groups -OCH3 is 1. The SMILES string of the molecule is COc1cccc2c1OC(c1ccc([N+](=O)[O-])cc1)N1N=C(c3ccc(Cl)cc3)CC21. The van der Waals surface area contributed by atoms with Crippen LogP contribution in [0.4, 0.5) is 5.69 Å². The largest absolute Gasteiger partial charge is 0.493 e. The molecule has 2 aliphatic rings. The second kappa shape index (κ2) is 7.59. The van der Waals surface area contributed by atoms with Gasteiger partial charge in [-0.3, -0.25) is 10.1 Å². The molecule has 31 heavy (non-hydrogen) atoms. The summed E-state index contributed by atoms with van der Waals surface area (Å²) in [5.74, 6) is 1.31. The zero-order chi connectivity index (χ0) is 21.5. The molecule has 5 rings (SSSR count). The zero-order valence-corrected chi connectivity index (χ0v) is 17.3. The van der Waals surface area contributed by atoms with Crippen LogP contribution in [0.15, 0.2) is 71.8 Å². The Morgan fingerprint density at radius 2 is 1.87 bits per heavy atom. The highest BCUT2D eigenvalue weighted by molar-refractivity contribution is 6.30. The van der Waals surface area contributed by atoms with E-state index in [4.69, 9.17) is 26.2 Å². The number of halogens is 1. The summed E-state index contributed by atoms with van der Waals surface area (Å²) in [6, 6.07) is 19.7. The van der Waals surface area contributed by atoms with Crippen LogP contribution in [0.1, 0.15) is 35.4 Å². The Balaban J connectivity index is 1.59. The molecule has 0 saturated carbocycles. The molecule has 0 spiro atoms. The number of hydrogen-bond donors (Lipinski definition) is 0. The fourth-order valence-electron chi connectivity index (χ4n) is 4.04. The number of rotatable bonds is 4. The van der Waals surface area contributed by atoms with Gasteiger partial charge >= 0.3 is 0 Å². The molecule has 2 heterocycles. The van der Waals surface area contributed by atoms with Crippen molar-refractivity contribution >= 4 is 23.0 Å². The third-order valence-corrected chi connectivity index (χ3v) is 5.82. The van der Waals surface area contributed by atoms with Gasteiger partial charge in [0.05, 0.1) is 23.8 Å². The first-order valence-electron chi connectivity index (χ1n) is 9.75. The van der Waals surface area contributed by atoms with E-state index in [9.17, 15) is 10.1 Å². The molecule has 0 aliphatic carbocycles. The van der Waals surface area contributed by atoms with Crippen LogP contribution in [0, 0.1) is 10.1 Å². The van der Waals surface area contributed by atoms with E-state index < -0.39 is 11.2 Å². The summed E-state index contributed by atoms with van der Waals surface area (Å²) in [5.41, 5.74) is 3.71. The molecule has 2 aliphatic heterocycles. The molecule has 2 unspecified atom stereocenters. The minimum atomic E-state index is -0.542. The van der Waals surface area contributed by atoms with Crippen molar-refractivity contribution in [2.75, 3.05) is 7.11 Å².